The van der Waals surface area contributed by atoms with Gasteiger partial charge in [0.05, 0.1) is 0 Å². The van der Waals surface area contributed by atoms with E-state index in [-0.39, 0.29) is 0 Å². The molecule has 0 aromatic heterocycles. The molecule has 0 spiro atoms. The minimum absolute atomic E-state index is 0.438. The van der Waals surface area contributed by atoms with Crippen LogP contribution in [0.1, 0.15) is 5.56 Å². The predicted octanol–water partition coefficient (Wildman–Crippen LogP) is 4.68. The fourth-order valence-electron chi connectivity index (χ4n) is 1.83. The minimum Gasteiger partial charge on any atom is -0.426 e. The highest BCUT2D eigenvalue weighted by Crippen LogP contribution is 2.37. The van der Waals surface area contributed by atoms with Gasteiger partial charge in [-0.25, -0.2) is 0 Å². The number of nitrogens with one attached hydrogen (secondary N) is 1. The van der Waals surface area contributed by atoms with Crippen LogP contribution in [0.25, 0.3) is 0 Å². The monoisotopic (exact) mass is 330 g/mol. The van der Waals surface area contributed by atoms with Crippen molar-refractivity contribution in [2.45, 2.75) is 18.7 Å². The Morgan fingerprint density at radius 2 is 1.70 bits per heavy atom. The fourth-order valence-corrected chi connectivity index (χ4v) is 1.83. The number of hydrogen-bond acceptors (Lipinski definition) is 2. The lowest BCUT2D eigenvalue weighted by Crippen LogP contribution is -2.41. The van der Waals surface area contributed by atoms with E-state index in [0.29, 0.717) is 18.5 Å². The number of benzene rings is 2. The molecule has 0 aliphatic heterocycles. The molecule has 0 bridgehead atoms. The highest BCUT2D eigenvalue weighted by molar-refractivity contribution is 5.42. The number of ether oxygens (including phenoxy) is 1. The summed E-state index contributed by atoms with van der Waals surface area (Å²) in [5.41, 5.74) is 1.44. The number of rotatable bonds is 6. The Morgan fingerprint density at radius 1 is 1.00 bits per heavy atom. The molecule has 2 nitrogen and oxygen atoms in total. The van der Waals surface area contributed by atoms with Crippen molar-refractivity contribution in [1.29, 1.82) is 0 Å². The molecular formula is C16H13F5NO. The summed E-state index contributed by atoms with van der Waals surface area (Å²) in [4.78, 5) is 0. The summed E-state index contributed by atoms with van der Waals surface area (Å²) < 4.78 is 65.9. The van der Waals surface area contributed by atoms with Gasteiger partial charge in [-0.3, -0.25) is 0 Å². The van der Waals surface area contributed by atoms with Crippen LogP contribution in [0.3, 0.4) is 0 Å². The van der Waals surface area contributed by atoms with Crippen LogP contribution in [-0.4, -0.2) is 18.8 Å². The van der Waals surface area contributed by atoms with E-state index < -0.39 is 18.0 Å². The zero-order valence-corrected chi connectivity index (χ0v) is 11.8. The Hall–Kier alpha value is -2.31. The van der Waals surface area contributed by atoms with Gasteiger partial charge in [0.2, 0.25) is 0 Å². The van der Waals surface area contributed by atoms with E-state index in [9.17, 15) is 22.0 Å². The van der Waals surface area contributed by atoms with E-state index in [0.717, 1.165) is 11.8 Å². The summed E-state index contributed by atoms with van der Waals surface area (Å²) in [6.45, 7) is 0.489. The van der Waals surface area contributed by atoms with Crippen LogP contribution in [0.4, 0.5) is 27.6 Å². The Kier molecular flexibility index (Phi) is 5.08. The first-order valence-corrected chi connectivity index (χ1v) is 6.70. The first kappa shape index (κ1) is 17.1. The molecule has 0 saturated carbocycles. The molecule has 2 aromatic carbocycles. The minimum atomic E-state index is -5.76. The number of hydrogen-bond donors (Lipinski definition) is 1. The van der Waals surface area contributed by atoms with E-state index in [4.69, 9.17) is 0 Å². The molecule has 23 heavy (non-hydrogen) atoms. The summed E-state index contributed by atoms with van der Waals surface area (Å²) in [7, 11) is 0. The summed E-state index contributed by atoms with van der Waals surface area (Å²) in [6.07, 6.45) is -10.5. The number of anilines is 1. The first-order valence-electron chi connectivity index (χ1n) is 6.70. The maximum absolute atomic E-state index is 12.9. The normalized spacial score (nSPS) is 12.0. The number of alkyl halides is 5. The van der Waals surface area contributed by atoms with Crippen molar-refractivity contribution in [2.75, 3.05) is 11.9 Å². The van der Waals surface area contributed by atoms with Crippen LogP contribution in [-0.2, 0) is 6.42 Å². The second-order valence-electron chi connectivity index (χ2n) is 4.73. The molecule has 123 valence electrons. The van der Waals surface area contributed by atoms with Crippen molar-refractivity contribution in [3.05, 3.63) is 60.2 Å². The smallest absolute Gasteiger partial charge is 0.426 e. The van der Waals surface area contributed by atoms with Gasteiger partial charge in [-0.2, -0.15) is 22.0 Å². The molecule has 1 N–H and O–H groups in total. The maximum atomic E-state index is 12.9. The third-order valence-electron chi connectivity index (χ3n) is 2.94. The fraction of sp³-hybridized carbons (Fsp3) is 0.250. The Labute approximate surface area is 129 Å². The summed E-state index contributed by atoms with van der Waals surface area (Å²) in [5.74, 6) is -0.529. The van der Waals surface area contributed by atoms with Crippen molar-refractivity contribution in [3.63, 3.8) is 0 Å². The highest BCUT2D eigenvalue weighted by atomic mass is 19.4. The van der Waals surface area contributed by atoms with E-state index in [1.807, 2.05) is 12.1 Å². The van der Waals surface area contributed by atoms with Crippen LogP contribution < -0.4 is 10.1 Å². The van der Waals surface area contributed by atoms with Gasteiger partial charge in [0.15, 0.2) is 0 Å². The van der Waals surface area contributed by atoms with Gasteiger partial charge in [0.25, 0.3) is 0 Å². The van der Waals surface area contributed by atoms with E-state index in [2.05, 4.69) is 16.1 Å². The van der Waals surface area contributed by atoms with Crippen molar-refractivity contribution < 1.29 is 26.7 Å². The van der Waals surface area contributed by atoms with Crippen LogP contribution in [0.15, 0.2) is 48.5 Å². The Morgan fingerprint density at radius 3 is 2.35 bits per heavy atom. The molecule has 0 amide bonds. The lowest BCUT2D eigenvalue weighted by Gasteiger charge is -2.20. The average molecular weight is 330 g/mol. The summed E-state index contributed by atoms with van der Waals surface area (Å²) in [6, 6.07) is 15.2. The quantitative estimate of drug-likeness (QED) is 0.777. The van der Waals surface area contributed by atoms with Crippen molar-refractivity contribution in [3.8, 4) is 5.75 Å². The molecule has 0 saturated heterocycles. The third kappa shape index (κ3) is 4.84. The second-order valence-corrected chi connectivity index (χ2v) is 4.73. The largest absolute Gasteiger partial charge is 0.499 e. The molecule has 2 aromatic rings. The molecule has 0 aliphatic carbocycles. The Bertz CT molecular complexity index is 628. The van der Waals surface area contributed by atoms with Crippen LogP contribution >= 0.6 is 0 Å². The first-order chi connectivity index (χ1) is 10.8. The van der Waals surface area contributed by atoms with E-state index in [1.54, 1.807) is 18.2 Å². The van der Waals surface area contributed by atoms with E-state index in [1.165, 1.54) is 12.1 Å². The molecule has 0 heterocycles. The van der Waals surface area contributed by atoms with Gasteiger partial charge in [0.1, 0.15) is 5.75 Å². The molecule has 2 rings (SSSR count). The van der Waals surface area contributed by atoms with Crippen molar-refractivity contribution in [1.82, 2.24) is 0 Å². The molecule has 0 fully saturated rings. The van der Waals surface area contributed by atoms with Crippen LogP contribution in [0.2, 0.25) is 0 Å². The molecule has 0 unspecified atom stereocenters. The SMILES string of the molecule is FC(F)(F)C(F)(F)Oc1cccc(CCNc2cc[c]cc2)c1. The van der Waals surface area contributed by atoms with Crippen LogP contribution in [0.5, 0.6) is 5.75 Å². The summed E-state index contributed by atoms with van der Waals surface area (Å²) in [5, 5.41) is 3.10. The predicted molar refractivity (Wildman–Crippen MR) is 75.5 cm³/mol. The van der Waals surface area contributed by atoms with Gasteiger partial charge in [-0.05, 0) is 42.3 Å². The maximum Gasteiger partial charge on any atom is 0.499 e. The molecule has 0 atom stereocenters. The lowest BCUT2D eigenvalue weighted by molar-refractivity contribution is -0.360. The topological polar surface area (TPSA) is 21.3 Å². The molecule has 0 aliphatic rings. The van der Waals surface area contributed by atoms with Crippen molar-refractivity contribution >= 4 is 5.69 Å². The van der Waals surface area contributed by atoms with Gasteiger partial charge >= 0.3 is 12.3 Å². The van der Waals surface area contributed by atoms with Gasteiger partial charge in [-0.1, -0.05) is 24.3 Å². The zero-order valence-electron chi connectivity index (χ0n) is 11.8. The van der Waals surface area contributed by atoms with Crippen molar-refractivity contribution in [2.24, 2.45) is 0 Å². The second kappa shape index (κ2) is 6.85. The van der Waals surface area contributed by atoms with Gasteiger partial charge in [-0.15, -0.1) is 0 Å². The van der Waals surface area contributed by atoms with Gasteiger partial charge in [0, 0.05) is 12.2 Å². The standard InChI is InChI=1S/C16H13F5NO/c17-15(18,19)16(20,21)23-14-8-4-5-12(11-14)9-10-22-13-6-2-1-3-7-13/h2-8,11,22H,9-10H2. The zero-order chi connectivity index (χ0) is 16.9. The van der Waals surface area contributed by atoms with Crippen LogP contribution in [0, 0.1) is 6.07 Å². The molecular weight excluding hydrogens is 317 g/mol. The molecule has 7 heteroatoms. The van der Waals surface area contributed by atoms with E-state index >= 15 is 0 Å². The van der Waals surface area contributed by atoms with Gasteiger partial charge < -0.3 is 10.1 Å². The number of halogens is 5. The highest BCUT2D eigenvalue weighted by Gasteiger charge is 2.61. The third-order valence-corrected chi connectivity index (χ3v) is 2.94. The Balaban J connectivity index is 1.95. The average Bonchev–Trinajstić information content (AvgIpc) is 2.47. The summed E-state index contributed by atoms with van der Waals surface area (Å²) >= 11 is 0. The molecule has 1 radical (unpaired) electrons. The lowest BCUT2D eigenvalue weighted by atomic mass is 10.1.